The van der Waals surface area contributed by atoms with Gasteiger partial charge >= 0.3 is 0 Å². The second kappa shape index (κ2) is 5.25. The lowest BCUT2D eigenvalue weighted by molar-refractivity contribution is -0.113. The van der Waals surface area contributed by atoms with Gasteiger partial charge in [-0.3, -0.25) is 10.1 Å². The number of halogens is 1. The van der Waals surface area contributed by atoms with E-state index in [1.54, 1.807) is 0 Å². The molecule has 1 heterocycles. The Morgan fingerprint density at radius 3 is 3.00 bits per heavy atom. The number of hydrogen-bond acceptors (Lipinski definition) is 4. The number of alkyl halides is 1. The van der Waals surface area contributed by atoms with Gasteiger partial charge in [0.1, 0.15) is 10.9 Å². The number of rotatable bonds is 3. The number of carbonyl (C=O) groups is 1. The summed E-state index contributed by atoms with van der Waals surface area (Å²) >= 11 is 6.72. The molecule has 1 aromatic carbocycles. The van der Waals surface area contributed by atoms with E-state index in [9.17, 15) is 4.79 Å². The third-order valence-corrected chi connectivity index (χ3v) is 3.19. The number of amides is 1. The van der Waals surface area contributed by atoms with Gasteiger partial charge in [-0.25, -0.2) is 0 Å². The lowest BCUT2D eigenvalue weighted by Gasteiger charge is -1.96. The largest absolute Gasteiger partial charge is 0.299 e. The highest BCUT2D eigenvalue weighted by Gasteiger charge is 2.08. The van der Waals surface area contributed by atoms with Crippen LogP contribution in [-0.4, -0.2) is 22.0 Å². The molecule has 0 radical (unpaired) electrons. The van der Waals surface area contributed by atoms with Gasteiger partial charge in [-0.15, -0.1) is 21.8 Å². The topological polar surface area (TPSA) is 54.9 Å². The zero-order valence-electron chi connectivity index (χ0n) is 9.11. The molecule has 0 aliphatic heterocycles. The van der Waals surface area contributed by atoms with E-state index in [2.05, 4.69) is 15.5 Å². The number of hydrogen-bond donors (Lipinski definition) is 1. The minimum Gasteiger partial charge on any atom is -0.299 e. The van der Waals surface area contributed by atoms with Crippen LogP contribution in [0.1, 0.15) is 5.56 Å². The van der Waals surface area contributed by atoms with Gasteiger partial charge in [0.25, 0.3) is 0 Å². The minimum atomic E-state index is -0.279. The second-order valence-electron chi connectivity index (χ2n) is 3.46. The van der Waals surface area contributed by atoms with E-state index < -0.39 is 0 Å². The number of nitrogens with zero attached hydrogens (tertiary/aromatic N) is 2. The number of nitrogens with one attached hydrogen (secondary N) is 1. The van der Waals surface area contributed by atoms with Gasteiger partial charge in [0.05, 0.1) is 0 Å². The summed E-state index contributed by atoms with van der Waals surface area (Å²) in [5.74, 6) is -0.363. The molecule has 0 atom stereocenters. The van der Waals surface area contributed by atoms with Crippen molar-refractivity contribution >= 4 is 34.0 Å². The molecule has 17 heavy (non-hydrogen) atoms. The third kappa shape index (κ3) is 3.01. The lowest BCUT2D eigenvalue weighted by Crippen LogP contribution is -2.12. The summed E-state index contributed by atoms with van der Waals surface area (Å²) in [5.41, 5.74) is 2.15. The van der Waals surface area contributed by atoms with Crippen molar-refractivity contribution < 1.29 is 4.79 Å². The standard InChI is InChI=1S/C11H10ClN3OS/c1-7-3-2-4-8(5-7)10-14-15-11(17-10)13-9(16)6-12/h2-5H,6H2,1H3,(H,13,15,16). The molecule has 0 saturated carbocycles. The van der Waals surface area contributed by atoms with Crippen LogP contribution in [-0.2, 0) is 4.79 Å². The summed E-state index contributed by atoms with van der Waals surface area (Å²) in [6, 6.07) is 7.96. The van der Waals surface area contributed by atoms with Crippen LogP contribution >= 0.6 is 22.9 Å². The fourth-order valence-electron chi connectivity index (χ4n) is 1.32. The Morgan fingerprint density at radius 2 is 2.29 bits per heavy atom. The van der Waals surface area contributed by atoms with Crippen molar-refractivity contribution in [3.05, 3.63) is 29.8 Å². The number of anilines is 1. The Hall–Kier alpha value is -1.46. The highest BCUT2D eigenvalue weighted by molar-refractivity contribution is 7.18. The average molecular weight is 268 g/mol. The molecule has 4 nitrogen and oxygen atoms in total. The van der Waals surface area contributed by atoms with Crippen molar-refractivity contribution in [1.82, 2.24) is 10.2 Å². The summed E-state index contributed by atoms with van der Waals surface area (Å²) in [4.78, 5) is 11.1. The normalized spacial score (nSPS) is 10.2. The molecule has 0 bridgehead atoms. The molecular formula is C11H10ClN3OS. The summed E-state index contributed by atoms with van der Waals surface area (Å²) in [7, 11) is 0. The summed E-state index contributed by atoms with van der Waals surface area (Å²) < 4.78 is 0. The first kappa shape index (κ1) is 12.0. The Bertz CT molecular complexity index is 541. The minimum absolute atomic E-state index is 0.0840. The zero-order chi connectivity index (χ0) is 12.3. The Balaban J connectivity index is 2.21. The fourth-order valence-corrected chi connectivity index (χ4v) is 2.14. The molecule has 6 heteroatoms. The van der Waals surface area contributed by atoms with Crippen molar-refractivity contribution in [2.75, 3.05) is 11.2 Å². The summed E-state index contributed by atoms with van der Waals surface area (Å²) in [6.45, 7) is 2.01. The van der Waals surface area contributed by atoms with Gasteiger partial charge < -0.3 is 0 Å². The molecule has 0 fully saturated rings. The molecule has 0 aliphatic rings. The molecule has 2 rings (SSSR count). The van der Waals surface area contributed by atoms with E-state index >= 15 is 0 Å². The van der Waals surface area contributed by atoms with E-state index in [0.717, 1.165) is 16.1 Å². The molecule has 1 amide bonds. The van der Waals surface area contributed by atoms with E-state index in [0.29, 0.717) is 5.13 Å². The van der Waals surface area contributed by atoms with Crippen molar-refractivity contribution in [2.24, 2.45) is 0 Å². The number of benzene rings is 1. The van der Waals surface area contributed by atoms with E-state index in [1.165, 1.54) is 11.3 Å². The van der Waals surface area contributed by atoms with Crippen LogP contribution in [0.25, 0.3) is 10.6 Å². The van der Waals surface area contributed by atoms with Crippen molar-refractivity contribution in [3.8, 4) is 10.6 Å². The number of aryl methyl sites for hydroxylation is 1. The zero-order valence-corrected chi connectivity index (χ0v) is 10.7. The molecule has 0 aliphatic carbocycles. The monoisotopic (exact) mass is 267 g/mol. The van der Waals surface area contributed by atoms with Gasteiger partial charge in [0.15, 0.2) is 0 Å². The highest BCUT2D eigenvalue weighted by atomic mass is 35.5. The summed E-state index contributed by atoms with van der Waals surface area (Å²) in [6.07, 6.45) is 0. The van der Waals surface area contributed by atoms with Gasteiger partial charge in [-0.05, 0) is 13.0 Å². The number of carbonyl (C=O) groups excluding carboxylic acids is 1. The van der Waals surface area contributed by atoms with Crippen LogP contribution in [0.2, 0.25) is 0 Å². The Labute approximate surface area is 108 Å². The molecule has 1 N–H and O–H groups in total. The van der Waals surface area contributed by atoms with Crippen LogP contribution in [0.15, 0.2) is 24.3 Å². The van der Waals surface area contributed by atoms with Gasteiger partial charge in [-0.2, -0.15) is 0 Å². The Kier molecular flexibility index (Phi) is 3.71. The SMILES string of the molecule is Cc1cccc(-c2nnc(NC(=O)CCl)s2)c1. The second-order valence-corrected chi connectivity index (χ2v) is 4.71. The summed E-state index contributed by atoms with van der Waals surface area (Å²) in [5, 5.41) is 11.7. The molecule has 0 saturated heterocycles. The molecule has 2 aromatic rings. The predicted octanol–water partition coefficient (Wildman–Crippen LogP) is 2.69. The molecule has 1 aromatic heterocycles. The smallest absolute Gasteiger partial charge is 0.241 e. The first-order valence-electron chi connectivity index (χ1n) is 4.95. The predicted molar refractivity (Wildman–Crippen MR) is 69.4 cm³/mol. The van der Waals surface area contributed by atoms with Crippen LogP contribution in [0, 0.1) is 6.92 Å². The van der Waals surface area contributed by atoms with Gasteiger partial charge in [-0.1, -0.05) is 35.1 Å². The lowest BCUT2D eigenvalue weighted by atomic mass is 10.1. The van der Waals surface area contributed by atoms with E-state index in [1.807, 2.05) is 31.2 Å². The molecule has 0 spiro atoms. The van der Waals surface area contributed by atoms with Crippen LogP contribution < -0.4 is 5.32 Å². The van der Waals surface area contributed by atoms with Crippen LogP contribution in [0.3, 0.4) is 0 Å². The van der Waals surface area contributed by atoms with Gasteiger partial charge in [0, 0.05) is 5.56 Å². The van der Waals surface area contributed by atoms with Gasteiger partial charge in [0.2, 0.25) is 11.0 Å². The Morgan fingerprint density at radius 1 is 1.47 bits per heavy atom. The quantitative estimate of drug-likeness (QED) is 0.870. The van der Waals surface area contributed by atoms with Crippen molar-refractivity contribution in [2.45, 2.75) is 6.92 Å². The highest BCUT2D eigenvalue weighted by Crippen LogP contribution is 2.26. The first-order valence-corrected chi connectivity index (χ1v) is 6.30. The maximum atomic E-state index is 11.1. The molecule has 0 unspecified atom stereocenters. The van der Waals surface area contributed by atoms with Crippen LogP contribution in [0.4, 0.5) is 5.13 Å². The average Bonchev–Trinajstić information content (AvgIpc) is 2.77. The third-order valence-electron chi connectivity index (χ3n) is 2.06. The van der Waals surface area contributed by atoms with E-state index in [4.69, 9.17) is 11.6 Å². The van der Waals surface area contributed by atoms with Crippen molar-refractivity contribution in [3.63, 3.8) is 0 Å². The fraction of sp³-hybridized carbons (Fsp3) is 0.182. The first-order chi connectivity index (χ1) is 8.19. The van der Waals surface area contributed by atoms with E-state index in [-0.39, 0.29) is 11.8 Å². The van der Waals surface area contributed by atoms with Crippen molar-refractivity contribution in [1.29, 1.82) is 0 Å². The molecule has 88 valence electrons. The maximum Gasteiger partial charge on any atom is 0.241 e. The van der Waals surface area contributed by atoms with Crippen LogP contribution in [0.5, 0.6) is 0 Å². The molecular weight excluding hydrogens is 258 g/mol. The maximum absolute atomic E-state index is 11.1. The number of aromatic nitrogens is 2.